The van der Waals surface area contributed by atoms with Gasteiger partial charge < -0.3 is 5.73 Å². The molecule has 0 aliphatic heterocycles. The minimum atomic E-state index is -0.797. The van der Waals surface area contributed by atoms with Crippen LogP contribution in [0.4, 0.5) is 8.78 Å². The van der Waals surface area contributed by atoms with Crippen molar-refractivity contribution in [3.63, 3.8) is 0 Å². The van der Waals surface area contributed by atoms with Gasteiger partial charge in [0.05, 0.1) is 0 Å². The zero-order valence-electron chi connectivity index (χ0n) is 11.1. The lowest BCUT2D eigenvalue weighted by Crippen LogP contribution is -2.32. The van der Waals surface area contributed by atoms with Crippen LogP contribution in [0.5, 0.6) is 0 Å². The van der Waals surface area contributed by atoms with Gasteiger partial charge in [-0.05, 0) is 54.3 Å². The topological polar surface area (TPSA) is 26.0 Å². The molecule has 1 aromatic heterocycles. The Hall–Kier alpha value is -1.26. The fourth-order valence-electron chi connectivity index (χ4n) is 3.07. The molecule has 20 heavy (non-hydrogen) atoms. The van der Waals surface area contributed by atoms with Gasteiger partial charge in [0, 0.05) is 16.8 Å². The number of hydrogen-bond donors (Lipinski definition) is 1. The lowest BCUT2D eigenvalue weighted by molar-refractivity contribution is 0.447. The molecule has 1 heterocycles. The van der Waals surface area contributed by atoms with Crippen LogP contribution in [-0.2, 0) is 12.8 Å². The van der Waals surface area contributed by atoms with Crippen molar-refractivity contribution >= 4 is 11.3 Å². The normalized spacial score (nSPS) is 19.6. The van der Waals surface area contributed by atoms with Crippen LogP contribution < -0.4 is 5.73 Å². The Morgan fingerprint density at radius 3 is 3.00 bits per heavy atom. The van der Waals surface area contributed by atoms with Crippen molar-refractivity contribution in [3.8, 4) is 0 Å². The van der Waals surface area contributed by atoms with Crippen molar-refractivity contribution in [2.24, 2.45) is 5.73 Å². The molecule has 1 aromatic carbocycles. The Morgan fingerprint density at radius 2 is 2.15 bits per heavy atom. The second-order valence-electron chi connectivity index (χ2n) is 5.38. The standard InChI is InChI=1S/C16H17F2NS/c17-13-5-1-3-10(16(13)18)9-14(19)11-4-2-6-15-12(11)7-8-20-15/h1,3,5,7-8,11,14H,2,4,6,9,19H2. The van der Waals surface area contributed by atoms with Crippen molar-refractivity contribution in [1.82, 2.24) is 0 Å². The molecule has 0 spiro atoms. The second kappa shape index (κ2) is 5.62. The third kappa shape index (κ3) is 2.50. The molecule has 1 nitrogen and oxygen atoms in total. The first kappa shape index (κ1) is 13.7. The van der Waals surface area contributed by atoms with Crippen LogP contribution >= 0.6 is 11.3 Å². The average molecular weight is 293 g/mol. The van der Waals surface area contributed by atoms with Crippen LogP contribution in [0.25, 0.3) is 0 Å². The van der Waals surface area contributed by atoms with Gasteiger partial charge in [0.2, 0.25) is 0 Å². The Balaban J connectivity index is 1.81. The first-order valence-electron chi connectivity index (χ1n) is 6.91. The maximum Gasteiger partial charge on any atom is 0.162 e. The summed E-state index contributed by atoms with van der Waals surface area (Å²) in [7, 11) is 0. The third-order valence-electron chi connectivity index (χ3n) is 4.10. The largest absolute Gasteiger partial charge is 0.327 e. The summed E-state index contributed by atoms with van der Waals surface area (Å²) in [5, 5.41) is 2.10. The van der Waals surface area contributed by atoms with Crippen LogP contribution in [0, 0.1) is 11.6 Å². The molecular weight excluding hydrogens is 276 g/mol. The zero-order chi connectivity index (χ0) is 14.1. The minimum Gasteiger partial charge on any atom is -0.327 e. The van der Waals surface area contributed by atoms with Gasteiger partial charge in [0.1, 0.15) is 0 Å². The zero-order valence-corrected chi connectivity index (χ0v) is 11.9. The Kier molecular flexibility index (Phi) is 3.85. The number of aryl methyl sites for hydroxylation is 1. The van der Waals surface area contributed by atoms with Gasteiger partial charge in [-0.25, -0.2) is 8.78 Å². The van der Waals surface area contributed by atoms with E-state index in [-0.39, 0.29) is 12.0 Å². The van der Waals surface area contributed by atoms with Crippen LogP contribution in [0.3, 0.4) is 0 Å². The quantitative estimate of drug-likeness (QED) is 0.909. The van der Waals surface area contributed by atoms with Crippen LogP contribution in [0.15, 0.2) is 29.6 Å². The first-order valence-corrected chi connectivity index (χ1v) is 7.79. The van der Waals surface area contributed by atoms with E-state index in [9.17, 15) is 8.78 Å². The monoisotopic (exact) mass is 293 g/mol. The van der Waals surface area contributed by atoms with Gasteiger partial charge in [0.25, 0.3) is 0 Å². The van der Waals surface area contributed by atoms with E-state index in [4.69, 9.17) is 5.73 Å². The van der Waals surface area contributed by atoms with E-state index < -0.39 is 11.6 Å². The molecule has 2 atom stereocenters. The summed E-state index contributed by atoms with van der Waals surface area (Å²) in [4.78, 5) is 1.40. The van der Waals surface area contributed by atoms with Crippen molar-refractivity contribution in [3.05, 3.63) is 57.3 Å². The average Bonchev–Trinajstić information content (AvgIpc) is 2.92. The second-order valence-corrected chi connectivity index (χ2v) is 6.38. The molecule has 1 aliphatic rings. The van der Waals surface area contributed by atoms with E-state index in [1.807, 2.05) is 0 Å². The molecule has 4 heteroatoms. The Labute approximate surface area is 121 Å². The van der Waals surface area contributed by atoms with Gasteiger partial charge in [-0.1, -0.05) is 12.1 Å². The lowest BCUT2D eigenvalue weighted by atomic mass is 9.81. The molecule has 0 fully saturated rings. The molecule has 1 aliphatic carbocycles. The van der Waals surface area contributed by atoms with Crippen molar-refractivity contribution in [2.75, 3.05) is 0 Å². The van der Waals surface area contributed by atoms with Gasteiger partial charge in [-0.3, -0.25) is 0 Å². The molecule has 106 valence electrons. The van der Waals surface area contributed by atoms with Crippen LogP contribution in [0.1, 0.15) is 34.8 Å². The summed E-state index contributed by atoms with van der Waals surface area (Å²) >= 11 is 1.77. The molecule has 2 aromatic rings. The summed E-state index contributed by atoms with van der Waals surface area (Å²) in [5.74, 6) is -1.30. The van der Waals surface area contributed by atoms with Gasteiger partial charge >= 0.3 is 0 Å². The van der Waals surface area contributed by atoms with E-state index >= 15 is 0 Å². The highest BCUT2D eigenvalue weighted by atomic mass is 32.1. The van der Waals surface area contributed by atoms with E-state index in [0.29, 0.717) is 12.0 Å². The highest BCUT2D eigenvalue weighted by Crippen LogP contribution is 2.37. The summed E-state index contributed by atoms with van der Waals surface area (Å²) in [6.07, 6.45) is 3.65. The number of rotatable bonds is 3. The predicted octanol–water partition coefficient (Wildman–Crippen LogP) is 4.02. The molecule has 0 amide bonds. The van der Waals surface area contributed by atoms with E-state index in [2.05, 4.69) is 11.4 Å². The fourth-order valence-corrected chi connectivity index (χ4v) is 4.07. The summed E-state index contributed by atoms with van der Waals surface area (Å²) in [6.45, 7) is 0. The molecule has 2 N–H and O–H groups in total. The highest BCUT2D eigenvalue weighted by molar-refractivity contribution is 7.10. The molecule has 3 rings (SSSR count). The maximum absolute atomic E-state index is 13.7. The Bertz CT molecular complexity index is 608. The Morgan fingerprint density at radius 1 is 1.30 bits per heavy atom. The van der Waals surface area contributed by atoms with Crippen molar-refractivity contribution < 1.29 is 8.78 Å². The predicted molar refractivity (Wildman–Crippen MR) is 78.0 cm³/mol. The van der Waals surface area contributed by atoms with Crippen molar-refractivity contribution in [1.29, 1.82) is 0 Å². The van der Waals surface area contributed by atoms with E-state index in [1.54, 1.807) is 17.4 Å². The van der Waals surface area contributed by atoms with Gasteiger partial charge in [0.15, 0.2) is 11.6 Å². The fraction of sp³-hybridized carbons (Fsp3) is 0.375. The number of nitrogens with two attached hydrogens (primary N) is 1. The smallest absolute Gasteiger partial charge is 0.162 e. The number of fused-ring (bicyclic) bond motifs is 1. The third-order valence-corrected chi connectivity index (χ3v) is 5.10. The number of hydrogen-bond acceptors (Lipinski definition) is 2. The number of thiophene rings is 1. The first-order chi connectivity index (χ1) is 9.66. The van der Waals surface area contributed by atoms with Gasteiger partial charge in [-0.2, -0.15) is 0 Å². The highest BCUT2D eigenvalue weighted by Gasteiger charge is 2.27. The molecule has 2 unspecified atom stereocenters. The molecule has 0 saturated heterocycles. The number of halogens is 2. The SMILES string of the molecule is NC(Cc1cccc(F)c1F)C1CCCc2sccc21. The van der Waals surface area contributed by atoms with Crippen LogP contribution in [-0.4, -0.2) is 6.04 Å². The van der Waals surface area contributed by atoms with Crippen molar-refractivity contribution in [2.45, 2.75) is 37.6 Å². The molecule has 0 bridgehead atoms. The molecular formula is C16H17F2NS. The van der Waals surface area contributed by atoms with Gasteiger partial charge in [-0.15, -0.1) is 11.3 Å². The summed E-state index contributed by atoms with van der Waals surface area (Å²) in [5.41, 5.74) is 7.97. The van der Waals surface area contributed by atoms with E-state index in [0.717, 1.165) is 25.3 Å². The lowest BCUT2D eigenvalue weighted by Gasteiger charge is -2.28. The molecule has 0 radical (unpaired) electrons. The minimum absolute atomic E-state index is 0.167. The van der Waals surface area contributed by atoms with Crippen LogP contribution in [0.2, 0.25) is 0 Å². The summed E-state index contributed by atoms with van der Waals surface area (Å²) in [6, 6.07) is 6.26. The molecule has 0 saturated carbocycles. The van der Waals surface area contributed by atoms with E-state index in [1.165, 1.54) is 16.5 Å². The maximum atomic E-state index is 13.7. The number of benzene rings is 1. The summed E-state index contributed by atoms with van der Waals surface area (Å²) < 4.78 is 27.0.